The highest BCUT2D eigenvalue weighted by molar-refractivity contribution is 5.92. The molecule has 0 saturated carbocycles. The lowest BCUT2D eigenvalue weighted by Gasteiger charge is -2.37. The zero-order chi connectivity index (χ0) is 43.3. The highest BCUT2D eigenvalue weighted by Crippen LogP contribution is 2.37. The summed E-state index contributed by atoms with van der Waals surface area (Å²) < 4.78 is 5.43. The SMILES string of the molecule is CO/N=C/C=C/[C@H](CCC(=O)NC(c1ccccc1)(c1ccccc1)c1ccccc1)NC(=O)[C@H](Cc1ccccc1)NC(=O)[C@H](CC(C)C)NC(=O)OCc1ccccc1. The number of alkyl carbamates (subject to hydrolysis) is 1. The van der Waals surface area contributed by atoms with Crippen LogP contribution in [-0.4, -0.2) is 55.3 Å². The summed E-state index contributed by atoms with van der Waals surface area (Å²) in [6.07, 6.45) is 4.76. The fourth-order valence-corrected chi connectivity index (χ4v) is 7.06. The van der Waals surface area contributed by atoms with E-state index in [0.29, 0.717) is 6.42 Å². The van der Waals surface area contributed by atoms with Crippen LogP contribution in [0.4, 0.5) is 4.79 Å². The molecule has 0 spiro atoms. The van der Waals surface area contributed by atoms with Crippen LogP contribution in [0.15, 0.2) is 169 Å². The first-order valence-electron chi connectivity index (χ1n) is 20.5. The van der Waals surface area contributed by atoms with Gasteiger partial charge in [-0.3, -0.25) is 14.4 Å². The zero-order valence-corrected chi connectivity index (χ0v) is 34.9. The standard InChI is InChI=1S/C50H55N5O6/c1-37(2)34-44(54-49(59)61-36-39-22-11-5-12-23-39)48(58)53-45(35-38-20-9-4-10-21-38)47(57)52-43(30-19-33-51-60-3)31-32-46(56)55-50(40-24-13-6-14-25-40,41-26-15-7-16-27-41)42-28-17-8-18-29-42/h4-30,33,37,43-45H,31-32,34-36H2,1-3H3,(H,52,57)(H,53,58)(H,54,59)(H,55,56)/b30-19+,51-33+/t43-,44+,45+/m1/s1. The van der Waals surface area contributed by atoms with Crippen LogP contribution in [0.1, 0.15) is 60.9 Å². The van der Waals surface area contributed by atoms with Gasteiger partial charge in [0.25, 0.3) is 0 Å². The van der Waals surface area contributed by atoms with Gasteiger partial charge in [0, 0.05) is 18.9 Å². The number of nitrogens with zero attached hydrogens (tertiary/aromatic N) is 1. The Kier molecular flexibility index (Phi) is 17.4. The Morgan fingerprint density at radius 2 is 1.13 bits per heavy atom. The Morgan fingerprint density at radius 1 is 0.639 bits per heavy atom. The van der Waals surface area contributed by atoms with E-state index in [4.69, 9.17) is 9.57 Å². The Morgan fingerprint density at radius 3 is 1.64 bits per heavy atom. The van der Waals surface area contributed by atoms with Gasteiger partial charge in [0.2, 0.25) is 17.7 Å². The molecule has 0 heterocycles. The van der Waals surface area contributed by atoms with Crippen molar-refractivity contribution in [3.63, 3.8) is 0 Å². The molecule has 0 fully saturated rings. The minimum Gasteiger partial charge on any atom is -0.445 e. The van der Waals surface area contributed by atoms with Crippen LogP contribution < -0.4 is 21.3 Å². The first-order chi connectivity index (χ1) is 29.7. The van der Waals surface area contributed by atoms with Crippen LogP contribution in [0.25, 0.3) is 0 Å². The molecule has 0 aromatic heterocycles. The number of ether oxygens (including phenoxy) is 1. The third-order valence-electron chi connectivity index (χ3n) is 10.00. The third kappa shape index (κ3) is 13.8. The number of hydrogen-bond donors (Lipinski definition) is 4. The lowest BCUT2D eigenvalue weighted by Crippen LogP contribution is -2.55. The Bertz CT molecular complexity index is 2070. The van der Waals surface area contributed by atoms with E-state index in [2.05, 4.69) is 26.4 Å². The van der Waals surface area contributed by atoms with E-state index >= 15 is 0 Å². The summed E-state index contributed by atoms with van der Waals surface area (Å²) in [6.45, 7) is 3.92. The van der Waals surface area contributed by atoms with Crippen LogP contribution in [0, 0.1) is 5.92 Å². The lowest BCUT2D eigenvalue weighted by molar-refractivity contribution is -0.130. The molecule has 5 aromatic rings. The topological polar surface area (TPSA) is 147 Å². The number of carbonyl (C=O) groups excluding carboxylic acids is 4. The lowest BCUT2D eigenvalue weighted by atomic mass is 9.77. The molecule has 3 atom stereocenters. The highest BCUT2D eigenvalue weighted by atomic mass is 16.6. The first-order valence-corrected chi connectivity index (χ1v) is 20.5. The number of oxime groups is 1. The van der Waals surface area contributed by atoms with Gasteiger partial charge in [-0.15, -0.1) is 0 Å². The summed E-state index contributed by atoms with van der Waals surface area (Å²) in [7, 11) is 1.42. The van der Waals surface area contributed by atoms with E-state index in [1.807, 2.05) is 166 Å². The molecule has 0 bridgehead atoms. The van der Waals surface area contributed by atoms with Crippen molar-refractivity contribution in [2.45, 2.75) is 69.8 Å². The summed E-state index contributed by atoms with van der Waals surface area (Å²) in [5.41, 5.74) is 3.26. The number of amides is 4. The van der Waals surface area contributed by atoms with Crippen molar-refractivity contribution in [3.8, 4) is 0 Å². The second kappa shape index (κ2) is 23.5. The fraction of sp³-hybridized carbons (Fsp3) is 0.260. The van der Waals surface area contributed by atoms with Crippen molar-refractivity contribution >= 4 is 30.0 Å². The van der Waals surface area contributed by atoms with Gasteiger partial charge in [-0.25, -0.2) is 4.79 Å². The van der Waals surface area contributed by atoms with Crippen molar-refractivity contribution in [2.75, 3.05) is 7.11 Å². The normalized spacial score (nSPS) is 12.9. The number of allylic oxidation sites excluding steroid dienone is 1. The fourth-order valence-electron chi connectivity index (χ4n) is 7.06. The molecule has 0 unspecified atom stereocenters. The quantitative estimate of drug-likeness (QED) is 0.0341. The van der Waals surface area contributed by atoms with Gasteiger partial charge >= 0.3 is 6.09 Å². The number of hydrogen-bond acceptors (Lipinski definition) is 7. The molecule has 0 radical (unpaired) electrons. The summed E-state index contributed by atoms with van der Waals surface area (Å²) in [6, 6.07) is 45.4. The smallest absolute Gasteiger partial charge is 0.408 e. The predicted octanol–water partition coefficient (Wildman–Crippen LogP) is 7.62. The van der Waals surface area contributed by atoms with Crippen LogP contribution in [0.3, 0.4) is 0 Å². The van der Waals surface area contributed by atoms with Crippen LogP contribution in [-0.2, 0) is 42.5 Å². The largest absolute Gasteiger partial charge is 0.445 e. The van der Waals surface area contributed by atoms with E-state index in [9.17, 15) is 19.2 Å². The van der Waals surface area contributed by atoms with Gasteiger partial charge in [0.15, 0.2) is 0 Å². The molecular formula is C50H55N5O6. The maximum atomic E-state index is 14.3. The summed E-state index contributed by atoms with van der Waals surface area (Å²) >= 11 is 0. The zero-order valence-electron chi connectivity index (χ0n) is 34.9. The van der Waals surface area contributed by atoms with Crippen molar-refractivity contribution in [1.82, 2.24) is 21.3 Å². The number of carbonyl (C=O) groups is 4. The van der Waals surface area contributed by atoms with Crippen LogP contribution >= 0.6 is 0 Å². The second-order valence-electron chi connectivity index (χ2n) is 15.0. The van der Waals surface area contributed by atoms with Crippen LogP contribution in [0.2, 0.25) is 0 Å². The van der Waals surface area contributed by atoms with Gasteiger partial charge in [0.05, 0.1) is 6.21 Å². The average molecular weight is 822 g/mol. The molecule has 316 valence electrons. The molecular weight excluding hydrogens is 767 g/mol. The molecule has 0 aliphatic rings. The summed E-state index contributed by atoms with van der Waals surface area (Å²) in [4.78, 5) is 60.3. The molecule has 5 aromatic carbocycles. The average Bonchev–Trinajstić information content (AvgIpc) is 3.29. The number of nitrogens with one attached hydrogen (secondary N) is 4. The molecule has 11 heteroatoms. The molecule has 61 heavy (non-hydrogen) atoms. The minimum absolute atomic E-state index is 0.0328. The number of benzene rings is 5. The molecule has 4 N–H and O–H groups in total. The monoisotopic (exact) mass is 821 g/mol. The van der Waals surface area contributed by atoms with Gasteiger partial charge < -0.3 is 30.8 Å². The molecule has 11 nitrogen and oxygen atoms in total. The molecule has 4 amide bonds. The Hall–Kier alpha value is -7.01. The Labute approximate surface area is 358 Å². The van der Waals surface area contributed by atoms with E-state index in [1.165, 1.54) is 13.3 Å². The van der Waals surface area contributed by atoms with Gasteiger partial charge in [-0.05, 0) is 52.7 Å². The molecule has 5 rings (SSSR count). The van der Waals surface area contributed by atoms with Gasteiger partial charge in [-0.2, -0.15) is 0 Å². The van der Waals surface area contributed by atoms with Crippen LogP contribution in [0.5, 0.6) is 0 Å². The molecule has 0 saturated heterocycles. The Balaban J connectivity index is 1.36. The summed E-state index contributed by atoms with van der Waals surface area (Å²) in [5, 5.41) is 15.8. The minimum atomic E-state index is -1.04. The van der Waals surface area contributed by atoms with E-state index in [0.717, 1.165) is 27.8 Å². The van der Waals surface area contributed by atoms with Crippen molar-refractivity contribution in [1.29, 1.82) is 0 Å². The third-order valence-corrected chi connectivity index (χ3v) is 10.00. The maximum Gasteiger partial charge on any atom is 0.408 e. The molecule has 0 aliphatic heterocycles. The second-order valence-corrected chi connectivity index (χ2v) is 15.0. The molecule has 0 aliphatic carbocycles. The van der Waals surface area contributed by atoms with E-state index < -0.39 is 41.6 Å². The van der Waals surface area contributed by atoms with E-state index in [1.54, 1.807) is 12.2 Å². The van der Waals surface area contributed by atoms with Gasteiger partial charge in [0.1, 0.15) is 31.3 Å². The number of rotatable bonds is 21. The van der Waals surface area contributed by atoms with E-state index in [-0.39, 0.29) is 37.7 Å². The predicted molar refractivity (Wildman–Crippen MR) is 238 cm³/mol. The van der Waals surface area contributed by atoms with Crippen molar-refractivity contribution < 1.29 is 28.8 Å². The maximum absolute atomic E-state index is 14.3. The summed E-state index contributed by atoms with van der Waals surface area (Å²) in [5.74, 6) is -1.21. The van der Waals surface area contributed by atoms with Crippen molar-refractivity contribution in [2.24, 2.45) is 11.1 Å². The van der Waals surface area contributed by atoms with Crippen molar-refractivity contribution in [3.05, 3.63) is 192 Å². The van der Waals surface area contributed by atoms with Gasteiger partial charge in [-0.1, -0.05) is 177 Å². The highest BCUT2D eigenvalue weighted by Gasteiger charge is 2.38. The first kappa shape index (κ1) is 45.1.